The Morgan fingerprint density at radius 3 is 0.500 bits per heavy atom. The second kappa shape index (κ2) is 41.4. The Morgan fingerprint density at radius 1 is 0.500 bits per heavy atom. The zero-order valence-corrected chi connectivity index (χ0v) is 32.5. The third-order valence-electron chi connectivity index (χ3n) is 0. The van der Waals surface area contributed by atoms with E-state index >= 15 is 0 Å². The second-order valence-electron chi connectivity index (χ2n) is 1.41. The fraction of sp³-hybridized carbons (Fsp3) is 0. The first-order valence-corrected chi connectivity index (χ1v) is 6.73. The van der Waals surface area contributed by atoms with Crippen LogP contribution < -0.4 is 291 Å². The molecule has 0 aliphatic heterocycles. The van der Waals surface area contributed by atoms with Gasteiger partial charge in [0.25, 0.3) is 0 Å². The van der Waals surface area contributed by atoms with Gasteiger partial charge < -0.3 is 71.6 Å². The van der Waals surface area contributed by atoms with Crippen LogP contribution in [0.25, 0.3) is 0 Å². The van der Waals surface area contributed by atoms with Crippen LogP contribution in [0.2, 0.25) is 0 Å². The molecule has 0 aromatic rings. The van der Waals surface area contributed by atoms with Crippen LogP contribution in [0.15, 0.2) is 0 Å². The van der Waals surface area contributed by atoms with Crippen LogP contribution in [0.3, 0.4) is 0 Å². The van der Waals surface area contributed by atoms with Crippen molar-refractivity contribution in [2.24, 2.45) is 0 Å². The minimum Gasteiger partial charge on any atom is -0.822 e. The second-order valence-corrected chi connectivity index (χ2v) is 4.22. The standard InChI is InChI=1S/3K.3H3N.3Na.3H3O4P/c;;;;;;;;;3*1-5(2,3)4/h;;;3*1H3;;;;3*(H3,1,2,3,4)/q3*+1;;;;3*+1;;;/p-6. The maximum atomic E-state index is 8.88. The first-order chi connectivity index (χ1) is 6.00. The monoisotopic (exact) mass is 525 g/mol. The van der Waals surface area contributed by atoms with Crippen molar-refractivity contribution in [1.82, 2.24) is 18.5 Å². The summed E-state index contributed by atoms with van der Waals surface area (Å²) in [5.41, 5.74) is 0. The maximum Gasteiger partial charge on any atom is 1.00 e. The molecule has 0 aliphatic carbocycles. The van der Waals surface area contributed by atoms with Crippen molar-refractivity contribution in [2.75, 3.05) is 0 Å². The Kier molecular flexibility index (Phi) is 132. The molecular formula is H12K3N3Na3O12P3. The van der Waals surface area contributed by atoms with E-state index < -0.39 is 23.5 Å². The maximum absolute atomic E-state index is 8.88. The van der Waals surface area contributed by atoms with Crippen molar-refractivity contribution in [3.8, 4) is 0 Å². The third-order valence-corrected chi connectivity index (χ3v) is 0. The van der Waals surface area contributed by atoms with Crippen LogP contribution in [0.1, 0.15) is 0 Å². The van der Waals surface area contributed by atoms with Gasteiger partial charge in [0.1, 0.15) is 0 Å². The molecule has 0 bridgehead atoms. The van der Waals surface area contributed by atoms with Gasteiger partial charge in [-0.1, -0.05) is 0 Å². The minimum absolute atomic E-state index is 0. The third kappa shape index (κ3) is 387. The Balaban J connectivity index is -0.00000000758. The summed E-state index contributed by atoms with van der Waals surface area (Å²) in [6.45, 7) is 0. The van der Waals surface area contributed by atoms with Crippen molar-refractivity contribution < 1.29 is 301 Å². The van der Waals surface area contributed by atoms with Gasteiger partial charge in [-0.05, 0) is 0 Å². The van der Waals surface area contributed by atoms with E-state index in [2.05, 4.69) is 0 Å². The molecule has 12 N–H and O–H groups in total. The van der Waals surface area contributed by atoms with Gasteiger partial charge >= 0.3 is 251 Å². The molecule has 0 aromatic carbocycles. The molecule has 0 unspecified atom stereocenters. The molecule has 15 nitrogen and oxygen atoms in total. The molecule has 120 valence electrons. The molecule has 0 fully saturated rings. The van der Waals surface area contributed by atoms with Crippen molar-refractivity contribution >= 4 is 23.5 Å². The predicted molar refractivity (Wildman–Crippen MR) is 44.5 cm³/mol. The summed E-state index contributed by atoms with van der Waals surface area (Å²) in [7, 11) is -15.4. The average molecular weight is 525 g/mol. The summed E-state index contributed by atoms with van der Waals surface area (Å²) in [6, 6.07) is 0. The quantitative estimate of drug-likeness (QED) is 0.126. The van der Waals surface area contributed by atoms with Gasteiger partial charge in [-0.2, -0.15) is 15.6 Å². The molecule has 0 atom stereocenters. The SMILES string of the molecule is N.N.N.O=P(O)(O)O.O=P([O-])([O-])[O-].O=P([O-])([O-])[O-].[K+].[K+].[K+].[Na+].[Na+].[Na+]. The Morgan fingerprint density at radius 2 is 0.500 bits per heavy atom. The van der Waals surface area contributed by atoms with Crippen LogP contribution in [-0.4, -0.2) is 14.7 Å². The van der Waals surface area contributed by atoms with Crippen molar-refractivity contribution in [2.45, 2.75) is 0 Å². The van der Waals surface area contributed by atoms with E-state index in [-0.39, 0.29) is 261 Å². The van der Waals surface area contributed by atoms with Crippen LogP contribution in [0, 0.1) is 0 Å². The van der Waals surface area contributed by atoms with Gasteiger partial charge in [-0.25, -0.2) is 4.57 Å². The van der Waals surface area contributed by atoms with Gasteiger partial charge in [-0.3, -0.25) is 0 Å². The van der Waals surface area contributed by atoms with E-state index in [1.165, 1.54) is 0 Å². The number of hydrogen-bond acceptors (Lipinski definition) is 12. The number of phosphoric acid groups is 3. The van der Waals surface area contributed by atoms with E-state index in [9.17, 15) is 0 Å². The van der Waals surface area contributed by atoms with E-state index in [1.807, 2.05) is 0 Å². The molecule has 0 spiro atoms. The number of hydrogen-bond donors (Lipinski definition) is 6. The Bertz CT molecular complexity index is 234. The molecule has 0 aromatic heterocycles. The van der Waals surface area contributed by atoms with Crippen molar-refractivity contribution in [3.63, 3.8) is 0 Å². The zero-order chi connectivity index (χ0) is 13.5. The van der Waals surface area contributed by atoms with Gasteiger partial charge in [0, 0.05) is 0 Å². The molecule has 0 rings (SSSR count). The smallest absolute Gasteiger partial charge is 0.822 e. The van der Waals surface area contributed by atoms with Gasteiger partial charge in [0.05, 0.1) is 0 Å². The van der Waals surface area contributed by atoms with Gasteiger partial charge in [0.2, 0.25) is 0 Å². The minimum atomic E-state index is -5.39. The summed E-state index contributed by atoms with van der Waals surface area (Å²) in [4.78, 5) is 72.9. The van der Waals surface area contributed by atoms with Crippen molar-refractivity contribution in [3.05, 3.63) is 0 Å². The molecule has 0 aliphatic rings. The van der Waals surface area contributed by atoms with Crippen LogP contribution >= 0.6 is 23.5 Å². The fourth-order valence-electron chi connectivity index (χ4n) is 0. The van der Waals surface area contributed by atoms with Crippen molar-refractivity contribution in [1.29, 1.82) is 0 Å². The summed E-state index contributed by atoms with van der Waals surface area (Å²) in [5, 5.41) is 0. The Hall–Kier alpha value is 8.12. The van der Waals surface area contributed by atoms with Gasteiger partial charge in [0.15, 0.2) is 0 Å². The fourth-order valence-corrected chi connectivity index (χ4v) is 0. The molecule has 24 heteroatoms. The van der Waals surface area contributed by atoms with E-state index in [0.29, 0.717) is 0 Å². The summed E-state index contributed by atoms with van der Waals surface area (Å²) in [5.74, 6) is 0. The van der Waals surface area contributed by atoms with E-state index in [0.717, 1.165) is 0 Å². The Labute approximate surface area is 333 Å². The molecule has 0 radical (unpaired) electrons. The van der Waals surface area contributed by atoms with Crippen LogP contribution in [0.4, 0.5) is 0 Å². The van der Waals surface area contributed by atoms with E-state index in [1.54, 1.807) is 0 Å². The summed E-state index contributed by atoms with van der Waals surface area (Å²) in [6.07, 6.45) is 0. The van der Waals surface area contributed by atoms with Crippen LogP contribution in [0.5, 0.6) is 0 Å². The molecular weight excluding hydrogens is 513 g/mol. The summed E-state index contributed by atoms with van der Waals surface area (Å²) < 4.78 is 26.0. The predicted octanol–water partition coefficient (Wildman–Crippen LogP) is -24.1. The normalized spacial score (nSPS) is 7.38. The molecule has 24 heavy (non-hydrogen) atoms. The summed E-state index contributed by atoms with van der Waals surface area (Å²) >= 11 is 0. The topological polar surface area (TPSA) is 355 Å². The molecule has 0 heterocycles. The number of rotatable bonds is 0. The van der Waals surface area contributed by atoms with Gasteiger partial charge in [-0.15, -0.1) is 0 Å². The first-order valence-electron chi connectivity index (χ1n) is 2.24. The molecule has 0 amide bonds. The zero-order valence-electron chi connectivity index (χ0n) is 14.5. The molecule has 0 saturated carbocycles. The average Bonchev–Trinajstić information content (AvgIpc) is 1.41. The van der Waals surface area contributed by atoms with E-state index in [4.69, 9.17) is 57.7 Å². The first kappa shape index (κ1) is 76.8. The van der Waals surface area contributed by atoms with Crippen LogP contribution in [-0.2, 0) is 13.7 Å². The molecule has 0 saturated heterocycles. The largest absolute Gasteiger partial charge is 1.00 e.